The Morgan fingerprint density at radius 2 is 2.29 bits per heavy atom. The molecule has 0 fully saturated rings. The van der Waals surface area contributed by atoms with E-state index in [0.29, 0.717) is 29.0 Å². The van der Waals surface area contributed by atoms with E-state index in [1.165, 1.54) is 0 Å². The number of thioether (sulfide) groups is 1. The normalized spacial score (nSPS) is 10.3. The van der Waals surface area contributed by atoms with Gasteiger partial charge in [0.1, 0.15) is 11.6 Å². The van der Waals surface area contributed by atoms with E-state index in [0.717, 1.165) is 24.0 Å². The summed E-state index contributed by atoms with van der Waals surface area (Å²) in [6, 6.07) is 1.66. The Hall–Kier alpha value is -2.14. The van der Waals surface area contributed by atoms with Crippen molar-refractivity contribution in [3.8, 4) is 0 Å². The second kappa shape index (κ2) is 7.59. The minimum absolute atomic E-state index is 0.147. The number of anilines is 3. The molecule has 9 nitrogen and oxygen atoms in total. The highest BCUT2D eigenvalue weighted by molar-refractivity contribution is 7.98. The van der Waals surface area contributed by atoms with E-state index >= 15 is 0 Å². The highest BCUT2D eigenvalue weighted by atomic mass is 32.2. The zero-order chi connectivity index (χ0) is 15.1. The van der Waals surface area contributed by atoms with Crippen molar-refractivity contribution < 1.29 is 0 Å². The van der Waals surface area contributed by atoms with Crippen LogP contribution in [-0.4, -0.2) is 37.0 Å². The summed E-state index contributed by atoms with van der Waals surface area (Å²) in [5.41, 5.74) is 10.9. The fourth-order valence-corrected chi connectivity index (χ4v) is 2.57. The Bertz CT molecular complexity index is 600. The van der Waals surface area contributed by atoms with Crippen LogP contribution in [0, 0.1) is 5.41 Å². The summed E-state index contributed by atoms with van der Waals surface area (Å²) in [5, 5.41) is 12.9. The zero-order valence-electron chi connectivity index (χ0n) is 11.0. The van der Waals surface area contributed by atoms with Gasteiger partial charge in [-0.05, 0) is 6.07 Å². The number of nitrogens with two attached hydrogens (primary N) is 2. The molecule has 0 aliphatic carbocycles. The molecule has 0 saturated heterocycles. The number of nitrogens with one attached hydrogen (secondary N) is 3. The maximum absolute atomic E-state index is 7.15. The molecule has 0 unspecified atom stereocenters. The minimum atomic E-state index is -0.147. The second-order valence-corrected chi connectivity index (χ2v) is 5.51. The van der Waals surface area contributed by atoms with Gasteiger partial charge < -0.3 is 22.1 Å². The van der Waals surface area contributed by atoms with Crippen LogP contribution in [0.3, 0.4) is 0 Å². The van der Waals surface area contributed by atoms with Gasteiger partial charge in [0, 0.05) is 18.5 Å². The molecule has 0 aromatic carbocycles. The predicted octanol–water partition coefficient (Wildman–Crippen LogP) is 0.561. The monoisotopic (exact) mass is 325 g/mol. The third-order valence-electron chi connectivity index (χ3n) is 2.25. The van der Waals surface area contributed by atoms with Gasteiger partial charge in [-0.25, -0.2) is 9.97 Å². The summed E-state index contributed by atoms with van der Waals surface area (Å²) in [4.78, 5) is 8.41. The Morgan fingerprint density at radius 1 is 1.43 bits per heavy atom. The fourth-order valence-electron chi connectivity index (χ4n) is 1.40. The molecule has 2 aromatic rings. The molecule has 21 heavy (non-hydrogen) atoms. The van der Waals surface area contributed by atoms with Crippen LogP contribution in [0.5, 0.6) is 0 Å². The Labute approximate surface area is 129 Å². The number of hydrogen-bond acceptors (Lipinski definition) is 9. The molecule has 0 atom stereocenters. The Morgan fingerprint density at radius 3 is 3.00 bits per heavy atom. The first-order chi connectivity index (χ1) is 10.1. The van der Waals surface area contributed by atoms with E-state index in [-0.39, 0.29) is 5.96 Å². The number of nitrogen functional groups attached to an aromatic ring is 1. The lowest BCUT2D eigenvalue weighted by Crippen LogP contribution is -2.21. The molecular weight excluding hydrogens is 310 g/mol. The smallest absolute Gasteiger partial charge is 0.191 e. The minimum Gasteiger partial charge on any atom is -0.380 e. The van der Waals surface area contributed by atoms with Crippen molar-refractivity contribution in [2.75, 3.05) is 28.7 Å². The van der Waals surface area contributed by atoms with Crippen molar-refractivity contribution in [3.63, 3.8) is 0 Å². The molecule has 2 rings (SSSR count). The summed E-state index contributed by atoms with van der Waals surface area (Å²) >= 11 is 2.76. The summed E-state index contributed by atoms with van der Waals surface area (Å²) in [7, 11) is 0. The largest absolute Gasteiger partial charge is 0.380 e. The van der Waals surface area contributed by atoms with Gasteiger partial charge in [-0.1, -0.05) is 0 Å². The predicted molar refractivity (Wildman–Crippen MR) is 86.5 cm³/mol. The molecule has 7 N–H and O–H groups in total. The quantitative estimate of drug-likeness (QED) is 0.279. The standard InChI is InChI=1S/C10H15N9S2/c11-8-9(19-21-18-8)15-3-4-20-5-7-14-2-1-6(16-7)17-10(12)13/h1-2H,3-5H2,(H2,11,18)(H,15,19)(H4,12,13,14,16,17). The maximum Gasteiger partial charge on any atom is 0.191 e. The van der Waals surface area contributed by atoms with Crippen molar-refractivity contribution in [3.05, 3.63) is 18.1 Å². The molecule has 112 valence electrons. The van der Waals surface area contributed by atoms with Crippen LogP contribution in [0.25, 0.3) is 0 Å². The van der Waals surface area contributed by atoms with Gasteiger partial charge >= 0.3 is 0 Å². The van der Waals surface area contributed by atoms with E-state index in [1.807, 2.05) is 0 Å². The van der Waals surface area contributed by atoms with E-state index < -0.39 is 0 Å². The van der Waals surface area contributed by atoms with Crippen LogP contribution in [0.2, 0.25) is 0 Å². The fraction of sp³-hybridized carbons (Fsp3) is 0.300. The van der Waals surface area contributed by atoms with Gasteiger partial charge in [-0.3, -0.25) is 5.41 Å². The van der Waals surface area contributed by atoms with Crippen molar-refractivity contribution in [2.24, 2.45) is 5.73 Å². The first kappa shape index (κ1) is 15.3. The summed E-state index contributed by atoms with van der Waals surface area (Å²) in [6.07, 6.45) is 1.63. The zero-order valence-corrected chi connectivity index (χ0v) is 12.7. The molecule has 2 heterocycles. The molecular formula is C10H15N9S2. The van der Waals surface area contributed by atoms with Crippen molar-refractivity contribution in [2.45, 2.75) is 5.75 Å². The lowest BCUT2D eigenvalue weighted by molar-refractivity contribution is 1.04. The topological polar surface area (TPSA) is 152 Å². The molecule has 2 aromatic heterocycles. The van der Waals surface area contributed by atoms with Gasteiger partial charge in [-0.2, -0.15) is 20.5 Å². The summed E-state index contributed by atoms with van der Waals surface area (Å²) in [5.74, 6) is 3.63. The van der Waals surface area contributed by atoms with Crippen molar-refractivity contribution in [1.82, 2.24) is 18.7 Å². The highest BCUT2D eigenvalue weighted by Gasteiger charge is 2.03. The van der Waals surface area contributed by atoms with Crippen LogP contribution >= 0.6 is 23.5 Å². The lowest BCUT2D eigenvalue weighted by Gasteiger charge is -2.05. The molecule has 0 aliphatic heterocycles. The van der Waals surface area contributed by atoms with Crippen LogP contribution in [0.4, 0.5) is 17.5 Å². The summed E-state index contributed by atoms with van der Waals surface area (Å²) in [6.45, 7) is 0.728. The molecule has 0 amide bonds. The molecule has 0 bridgehead atoms. The Kier molecular flexibility index (Phi) is 5.51. The number of rotatable bonds is 7. The van der Waals surface area contributed by atoms with Gasteiger partial charge in [0.25, 0.3) is 0 Å². The van der Waals surface area contributed by atoms with Crippen LogP contribution in [0.15, 0.2) is 12.3 Å². The Balaban J connectivity index is 1.71. The molecule has 11 heteroatoms. The summed E-state index contributed by atoms with van der Waals surface area (Å²) < 4.78 is 7.91. The van der Waals surface area contributed by atoms with E-state index in [2.05, 4.69) is 29.3 Å². The lowest BCUT2D eigenvalue weighted by atomic mass is 10.5. The average Bonchev–Trinajstić information content (AvgIpc) is 2.84. The first-order valence-electron chi connectivity index (χ1n) is 5.98. The van der Waals surface area contributed by atoms with Crippen LogP contribution in [-0.2, 0) is 5.75 Å². The first-order valence-corrected chi connectivity index (χ1v) is 7.86. The molecule has 0 radical (unpaired) electrons. The number of hydrogen-bond donors (Lipinski definition) is 5. The van der Waals surface area contributed by atoms with E-state index in [9.17, 15) is 0 Å². The highest BCUT2D eigenvalue weighted by Crippen LogP contribution is 2.14. The number of guanidine groups is 1. The van der Waals surface area contributed by atoms with Crippen molar-refractivity contribution >= 4 is 46.9 Å². The molecule has 0 saturated carbocycles. The van der Waals surface area contributed by atoms with Gasteiger partial charge in [0.05, 0.1) is 17.5 Å². The number of aromatic nitrogens is 4. The maximum atomic E-state index is 7.15. The number of nitrogens with zero attached hydrogens (tertiary/aromatic N) is 4. The van der Waals surface area contributed by atoms with Gasteiger partial charge in [-0.15, -0.1) is 0 Å². The van der Waals surface area contributed by atoms with Gasteiger partial charge in [0.2, 0.25) is 0 Å². The van der Waals surface area contributed by atoms with E-state index in [4.69, 9.17) is 16.9 Å². The van der Waals surface area contributed by atoms with Crippen LogP contribution < -0.4 is 22.1 Å². The SMILES string of the molecule is N=C(N)Nc1ccnc(CSCCNc2nsnc2N)n1. The van der Waals surface area contributed by atoms with Crippen LogP contribution in [0.1, 0.15) is 5.82 Å². The third-order valence-corrected chi connectivity index (χ3v) is 3.75. The molecule has 0 spiro atoms. The van der Waals surface area contributed by atoms with Crippen molar-refractivity contribution in [1.29, 1.82) is 5.41 Å². The average molecular weight is 325 g/mol. The molecule has 0 aliphatic rings. The van der Waals surface area contributed by atoms with Gasteiger partial charge in [0.15, 0.2) is 17.6 Å². The second-order valence-electron chi connectivity index (χ2n) is 3.87. The van der Waals surface area contributed by atoms with E-state index in [1.54, 1.807) is 24.0 Å². The third kappa shape index (κ3) is 5.04.